The van der Waals surface area contributed by atoms with Crippen LogP contribution in [0.2, 0.25) is 0 Å². The number of unbranched alkanes of at least 4 members (excludes halogenated alkanes) is 1. The average molecular weight is 309 g/mol. The lowest BCUT2D eigenvalue weighted by atomic mass is 9.95. The summed E-state index contributed by atoms with van der Waals surface area (Å²) < 4.78 is 0. The molecule has 2 rings (SSSR count). The quantitative estimate of drug-likeness (QED) is 0.739. The van der Waals surface area contributed by atoms with Gasteiger partial charge >= 0.3 is 0 Å². The first-order chi connectivity index (χ1) is 10.6. The van der Waals surface area contributed by atoms with E-state index in [0.29, 0.717) is 6.54 Å². The number of nitrogens with one attached hydrogen (secondary N) is 1. The summed E-state index contributed by atoms with van der Waals surface area (Å²) in [5.41, 5.74) is 0. The normalized spacial score (nSPS) is 19.3. The molecule has 126 valence electrons. The smallest absolute Gasteiger partial charge is 0.236 e. The molecule has 2 fully saturated rings. The maximum Gasteiger partial charge on any atom is 0.236 e. The van der Waals surface area contributed by atoms with Crippen LogP contribution in [0.3, 0.4) is 0 Å². The highest BCUT2D eigenvalue weighted by Gasteiger charge is 2.29. The number of carbonyl (C=O) groups excluding carboxylic acids is 2. The molecule has 0 aromatic carbocycles. The van der Waals surface area contributed by atoms with Crippen molar-refractivity contribution in [3.8, 4) is 0 Å². The van der Waals surface area contributed by atoms with E-state index in [4.69, 9.17) is 0 Å². The molecule has 1 saturated heterocycles. The molecule has 1 saturated carbocycles. The Morgan fingerprint density at radius 1 is 1.18 bits per heavy atom. The van der Waals surface area contributed by atoms with Crippen molar-refractivity contribution in [1.82, 2.24) is 15.1 Å². The van der Waals surface area contributed by atoms with Gasteiger partial charge in [-0.15, -0.1) is 0 Å². The molecule has 0 atom stereocenters. The number of nitrogens with zero attached hydrogens (tertiary/aromatic N) is 2. The lowest BCUT2D eigenvalue weighted by Crippen LogP contribution is -2.46. The summed E-state index contributed by atoms with van der Waals surface area (Å²) in [5, 5.41) is 3.25. The zero-order valence-corrected chi connectivity index (χ0v) is 14.1. The van der Waals surface area contributed by atoms with Crippen LogP contribution >= 0.6 is 0 Å². The minimum absolute atomic E-state index is 0.102. The van der Waals surface area contributed by atoms with Crippen LogP contribution in [0.15, 0.2) is 0 Å². The molecule has 22 heavy (non-hydrogen) atoms. The first-order valence-electron chi connectivity index (χ1n) is 8.85. The van der Waals surface area contributed by atoms with Gasteiger partial charge in [-0.05, 0) is 44.6 Å². The highest BCUT2D eigenvalue weighted by atomic mass is 16.2. The van der Waals surface area contributed by atoms with Crippen LogP contribution in [0.25, 0.3) is 0 Å². The second-order valence-corrected chi connectivity index (χ2v) is 6.84. The van der Waals surface area contributed by atoms with Gasteiger partial charge in [0.25, 0.3) is 0 Å². The number of piperidine rings is 1. The Morgan fingerprint density at radius 3 is 2.45 bits per heavy atom. The Bertz CT molecular complexity index is 374. The van der Waals surface area contributed by atoms with Crippen molar-refractivity contribution in [2.24, 2.45) is 11.8 Å². The fraction of sp³-hybridized carbons (Fsp3) is 0.882. The van der Waals surface area contributed by atoms with Gasteiger partial charge in [-0.3, -0.25) is 9.59 Å². The van der Waals surface area contributed by atoms with E-state index >= 15 is 0 Å². The lowest BCUT2D eigenvalue weighted by Gasteiger charge is -2.33. The zero-order chi connectivity index (χ0) is 15.9. The van der Waals surface area contributed by atoms with Gasteiger partial charge in [0.15, 0.2) is 0 Å². The summed E-state index contributed by atoms with van der Waals surface area (Å²) in [6, 6.07) is 0. The summed E-state index contributed by atoms with van der Waals surface area (Å²) in [4.78, 5) is 28.2. The molecule has 1 aliphatic heterocycles. The summed E-state index contributed by atoms with van der Waals surface area (Å²) >= 11 is 0. The molecule has 1 aliphatic carbocycles. The van der Waals surface area contributed by atoms with Gasteiger partial charge < -0.3 is 15.1 Å². The minimum Gasteiger partial charge on any atom is -0.346 e. The molecular weight excluding hydrogens is 278 g/mol. The third kappa shape index (κ3) is 5.27. The van der Waals surface area contributed by atoms with Crippen molar-refractivity contribution in [3.05, 3.63) is 0 Å². The fourth-order valence-electron chi connectivity index (χ4n) is 3.01. The number of hydrogen-bond donors (Lipinski definition) is 1. The third-order valence-corrected chi connectivity index (χ3v) is 4.83. The molecule has 0 radical (unpaired) electrons. The molecule has 0 bridgehead atoms. The Morgan fingerprint density at radius 2 is 1.86 bits per heavy atom. The number of amides is 2. The zero-order valence-electron chi connectivity index (χ0n) is 14.1. The standard InChI is InChI=1S/C17H31N3O2/c1-3-4-9-19(2)17(22)15-7-10-20(11-8-15)16(21)13-18-12-14-5-6-14/h14-15,18H,3-13H2,1-2H3. The number of hydrogen-bond acceptors (Lipinski definition) is 3. The molecule has 1 N–H and O–H groups in total. The van der Waals surface area contributed by atoms with Gasteiger partial charge in [0, 0.05) is 32.6 Å². The number of carbonyl (C=O) groups is 2. The Kier molecular flexibility index (Phi) is 6.68. The number of likely N-dealkylation sites (tertiary alicyclic amines) is 1. The van der Waals surface area contributed by atoms with Crippen LogP contribution < -0.4 is 5.32 Å². The summed E-state index contributed by atoms with van der Waals surface area (Å²) in [6.07, 6.45) is 6.40. The molecule has 2 amide bonds. The molecule has 5 nitrogen and oxygen atoms in total. The van der Waals surface area contributed by atoms with E-state index in [2.05, 4.69) is 12.2 Å². The number of rotatable bonds is 8. The van der Waals surface area contributed by atoms with E-state index in [1.165, 1.54) is 12.8 Å². The maximum atomic E-state index is 12.3. The molecule has 0 aromatic heterocycles. The monoisotopic (exact) mass is 309 g/mol. The average Bonchev–Trinajstić information content (AvgIpc) is 3.36. The van der Waals surface area contributed by atoms with Crippen LogP contribution in [0, 0.1) is 11.8 Å². The van der Waals surface area contributed by atoms with Crippen molar-refractivity contribution in [2.75, 3.05) is 39.8 Å². The molecule has 2 aliphatic rings. The second-order valence-electron chi connectivity index (χ2n) is 6.84. The Hall–Kier alpha value is -1.10. The van der Waals surface area contributed by atoms with E-state index in [1.54, 1.807) is 0 Å². The largest absolute Gasteiger partial charge is 0.346 e. The van der Waals surface area contributed by atoms with Crippen LogP contribution in [0.4, 0.5) is 0 Å². The van der Waals surface area contributed by atoms with Crippen molar-refractivity contribution in [3.63, 3.8) is 0 Å². The van der Waals surface area contributed by atoms with Crippen molar-refractivity contribution in [1.29, 1.82) is 0 Å². The first kappa shape index (κ1) is 17.3. The fourth-order valence-corrected chi connectivity index (χ4v) is 3.01. The maximum absolute atomic E-state index is 12.3. The predicted molar refractivity (Wildman–Crippen MR) is 87.4 cm³/mol. The van der Waals surface area contributed by atoms with E-state index < -0.39 is 0 Å². The van der Waals surface area contributed by atoms with E-state index in [9.17, 15) is 9.59 Å². The van der Waals surface area contributed by atoms with Crippen LogP contribution in [-0.4, -0.2) is 61.4 Å². The summed E-state index contributed by atoms with van der Waals surface area (Å²) in [6.45, 7) is 5.86. The Labute approximate surface area is 134 Å². The van der Waals surface area contributed by atoms with Crippen LogP contribution in [0.1, 0.15) is 45.4 Å². The molecule has 0 aromatic rings. The van der Waals surface area contributed by atoms with Crippen molar-refractivity contribution >= 4 is 11.8 Å². The molecule has 5 heteroatoms. The second kappa shape index (κ2) is 8.51. The predicted octanol–water partition coefficient (Wildman–Crippen LogP) is 1.48. The Balaban J connectivity index is 1.65. The van der Waals surface area contributed by atoms with Gasteiger partial charge in [-0.2, -0.15) is 0 Å². The summed E-state index contributed by atoms with van der Waals surface area (Å²) in [7, 11) is 1.90. The summed E-state index contributed by atoms with van der Waals surface area (Å²) in [5.74, 6) is 1.35. The van der Waals surface area contributed by atoms with Gasteiger partial charge in [-0.1, -0.05) is 13.3 Å². The van der Waals surface area contributed by atoms with Gasteiger partial charge in [0.05, 0.1) is 6.54 Å². The van der Waals surface area contributed by atoms with Gasteiger partial charge in [0.1, 0.15) is 0 Å². The molecule has 0 spiro atoms. The first-order valence-corrected chi connectivity index (χ1v) is 8.85. The van der Waals surface area contributed by atoms with Gasteiger partial charge in [0.2, 0.25) is 11.8 Å². The van der Waals surface area contributed by atoms with Crippen LogP contribution in [-0.2, 0) is 9.59 Å². The third-order valence-electron chi connectivity index (χ3n) is 4.83. The highest BCUT2D eigenvalue weighted by Crippen LogP contribution is 2.27. The van der Waals surface area contributed by atoms with Gasteiger partial charge in [-0.25, -0.2) is 0 Å². The molecule has 1 heterocycles. The van der Waals surface area contributed by atoms with Crippen molar-refractivity contribution in [2.45, 2.75) is 45.4 Å². The van der Waals surface area contributed by atoms with E-state index in [-0.39, 0.29) is 17.7 Å². The topological polar surface area (TPSA) is 52.7 Å². The van der Waals surface area contributed by atoms with E-state index in [0.717, 1.165) is 57.8 Å². The van der Waals surface area contributed by atoms with Crippen LogP contribution in [0.5, 0.6) is 0 Å². The highest BCUT2D eigenvalue weighted by molar-refractivity contribution is 5.80. The molecular formula is C17H31N3O2. The molecule has 0 unspecified atom stereocenters. The lowest BCUT2D eigenvalue weighted by molar-refractivity contribution is -0.139. The van der Waals surface area contributed by atoms with Crippen molar-refractivity contribution < 1.29 is 9.59 Å². The van der Waals surface area contributed by atoms with E-state index in [1.807, 2.05) is 16.8 Å². The SMILES string of the molecule is CCCCN(C)C(=O)C1CCN(C(=O)CNCC2CC2)CC1. The minimum atomic E-state index is 0.102.